The molecule has 0 saturated carbocycles. The van der Waals surface area contributed by atoms with Gasteiger partial charge >= 0.3 is 5.97 Å². The molecule has 8 nitrogen and oxygen atoms in total. The van der Waals surface area contributed by atoms with Gasteiger partial charge in [-0.25, -0.2) is 4.79 Å². The maximum atomic E-state index is 11.5. The molecule has 0 aliphatic rings. The highest BCUT2D eigenvalue weighted by Gasteiger charge is 2.10. The van der Waals surface area contributed by atoms with Gasteiger partial charge in [0.1, 0.15) is 5.82 Å². The summed E-state index contributed by atoms with van der Waals surface area (Å²) in [5, 5.41) is 3.19. The molecule has 1 aromatic heterocycles. The van der Waals surface area contributed by atoms with E-state index < -0.39 is 0 Å². The van der Waals surface area contributed by atoms with Crippen LogP contribution in [0.2, 0.25) is 0 Å². The lowest BCUT2D eigenvalue weighted by atomic mass is 10.1. The van der Waals surface area contributed by atoms with Gasteiger partial charge in [0.25, 0.3) is 0 Å². The second-order valence-electron chi connectivity index (χ2n) is 5.52. The minimum Gasteiger partial charge on any atom is -0.465 e. The molecule has 0 bridgehead atoms. The van der Waals surface area contributed by atoms with Crippen LogP contribution in [0.15, 0.2) is 24.3 Å². The third-order valence-electron chi connectivity index (χ3n) is 3.53. The minimum atomic E-state index is -0.363. The van der Waals surface area contributed by atoms with Crippen LogP contribution in [0.4, 0.5) is 11.9 Å². The van der Waals surface area contributed by atoms with Crippen molar-refractivity contribution in [3.05, 3.63) is 41.2 Å². The number of hydrogen-bond donors (Lipinski definition) is 2. The maximum Gasteiger partial charge on any atom is 0.337 e. The number of methoxy groups -OCH3 is 1. The maximum absolute atomic E-state index is 11.5. The zero-order chi connectivity index (χ0) is 18.2. The average molecular weight is 345 g/mol. The van der Waals surface area contributed by atoms with Crippen LogP contribution in [0.3, 0.4) is 0 Å². The standard InChI is InChI=1S/C17H23N5O3/c1-4-14(21-17-20-11(2)19-16(18)22-17)10-25-9-12-6-5-7-13(8-12)15(23)24-3/h5-8,14H,4,9-10H2,1-3H3,(H3,18,19,20,21,22). The Bertz CT molecular complexity index is 703. The number of aryl methyl sites for hydroxylation is 1. The van der Waals surface area contributed by atoms with E-state index in [-0.39, 0.29) is 18.0 Å². The Morgan fingerprint density at radius 3 is 2.80 bits per heavy atom. The van der Waals surface area contributed by atoms with E-state index in [1.54, 1.807) is 25.1 Å². The van der Waals surface area contributed by atoms with Crippen molar-refractivity contribution in [2.45, 2.75) is 32.9 Å². The smallest absolute Gasteiger partial charge is 0.337 e. The Morgan fingerprint density at radius 1 is 1.32 bits per heavy atom. The summed E-state index contributed by atoms with van der Waals surface area (Å²) < 4.78 is 10.5. The number of anilines is 2. The molecule has 1 heterocycles. The van der Waals surface area contributed by atoms with Crippen LogP contribution < -0.4 is 11.1 Å². The van der Waals surface area contributed by atoms with Crippen molar-refractivity contribution >= 4 is 17.9 Å². The predicted molar refractivity (Wildman–Crippen MR) is 94.1 cm³/mol. The van der Waals surface area contributed by atoms with Gasteiger partial charge in [-0.2, -0.15) is 15.0 Å². The largest absolute Gasteiger partial charge is 0.465 e. The van der Waals surface area contributed by atoms with Crippen molar-refractivity contribution in [2.24, 2.45) is 0 Å². The summed E-state index contributed by atoms with van der Waals surface area (Å²) in [5.41, 5.74) is 7.04. The molecule has 3 N–H and O–H groups in total. The monoisotopic (exact) mass is 345 g/mol. The van der Waals surface area contributed by atoms with Crippen LogP contribution in [0.5, 0.6) is 0 Å². The molecule has 0 amide bonds. The van der Waals surface area contributed by atoms with E-state index in [0.717, 1.165) is 12.0 Å². The number of nitrogens with zero attached hydrogens (tertiary/aromatic N) is 3. The van der Waals surface area contributed by atoms with Gasteiger partial charge in [-0.1, -0.05) is 19.1 Å². The Hall–Kier alpha value is -2.74. The van der Waals surface area contributed by atoms with Gasteiger partial charge in [0.2, 0.25) is 11.9 Å². The zero-order valence-corrected chi connectivity index (χ0v) is 14.7. The summed E-state index contributed by atoms with van der Waals surface area (Å²) in [4.78, 5) is 23.8. The van der Waals surface area contributed by atoms with Crippen molar-refractivity contribution in [3.8, 4) is 0 Å². The number of benzene rings is 1. The highest BCUT2D eigenvalue weighted by molar-refractivity contribution is 5.89. The fraction of sp³-hybridized carbons (Fsp3) is 0.412. The molecule has 0 saturated heterocycles. The Kier molecular flexibility index (Phi) is 6.64. The summed E-state index contributed by atoms with van der Waals surface area (Å²) in [6, 6.07) is 7.20. The molecule has 0 fully saturated rings. The third-order valence-corrected chi connectivity index (χ3v) is 3.53. The number of nitrogens with two attached hydrogens (primary N) is 1. The normalized spacial score (nSPS) is 11.8. The molecule has 0 aliphatic carbocycles. The number of nitrogen functional groups attached to an aromatic ring is 1. The first-order valence-corrected chi connectivity index (χ1v) is 8.01. The number of aromatic nitrogens is 3. The molecule has 8 heteroatoms. The van der Waals surface area contributed by atoms with Gasteiger partial charge in [0.05, 0.1) is 31.9 Å². The lowest BCUT2D eigenvalue weighted by molar-refractivity contribution is 0.0600. The lowest BCUT2D eigenvalue weighted by Gasteiger charge is -2.17. The molecule has 2 rings (SSSR count). The van der Waals surface area contributed by atoms with E-state index in [0.29, 0.717) is 30.5 Å². The first-order valence-electron chi connectivity index (χ1n) is 8.01. The molecule has 0 aliphatic heterocycles. The number of nitrogens with one attached hydrogen (secondary N) is 1. The highest BCUT2D eigenvalue weighted by Crippen LogP contribution is 2.10. The van der Waals surface area contributed by atoms with Crippen LogP contribution in [0.1, 0.15) is 35.1 Å². The topological polar surface area (TPSA) is 112 Å². The first-order chi connectivity index (χ1) is 12.0. The molecule has 1 atom stereocenters. The Balaban J connectivity index is 1.89. The molecule has 1 unspecified atom stereocenters. The quantitative estimate of drug-likeness (QED) is 0.698. The van der Waals surface area contributed by atoms with Crippen LogP contribution in [-0.4, -0.2) is 40.7 Å². The van der Waals surface area contributed by atoms with Crippen molar-refractivity contribution in [2.75, 3.05) is 24.8 Å². The highest BCUT2D eigenvalue weighted by atomic mass is 16.5. The summed E-state index contributed by atoms with van der Waals surface area (Å²) in [7, 11) is 1.36. The number of esters is 1. The molecule has 25 heavy (non-hydrogen) atoms. The van der Waals surface area contributed by atoms with Gasteiger partial charge in [-0.15, -0.1) is 0 Å². The van der Waals surface area contributed by atoms with E-state index in [2.05, 4.69) is 20.3 Å². The third kappa shape index (κ3) is 5.68. The molecule has 134 valence electrons. The molecular formula is C17H23N5O3. The fourth-order valence-electron chi connectivity index (χ4n) is 2.24. The van der Waals surface area contributed by atoms with Crippen LogP contribution in [-0.2, 0) is 16.1 Å². The molecular weight excluding hydrogens is 322 g/mol. The van der Waals surface area contributed by atoms with Gasteiger partial charge in [-0.05, 0) is 31.0 Å². The lowest BCUT2D eigenvalue weighted by Crippen LogP contribution is -2.26. The number of rotatable bonds is 8. The number of carbonyl (C=O) groups is 1. The van der Waals surface area contributed by atoms with Crippen molar-refractivity contribution in [1.82, 2.24) is 15.0 Å². The molecule has 0 radical (unpaired) electrons. The summed E-state index contributed by atoms with van der Waals surface area (Å²) in [5.74, 6) is 0.821. The summed E-state index contributed by atoms with van der Waals surface area (Å²) >= 11 is 0. The van der Waals surface area contributed by atoms with E-state index >= 15 is 0 Å². The van der Waals surface area contributed by atoms with Crippen molar-refractivity contribution in [3.63, 3.8) is 0 Å². The Morgan fingerprint density at radius 2 is 2.12 bits per heavy atom. The van der Waals surface area contributed by atoms with Crippen LogP contribution in [0, 0.1) is 6.92 Å². The van der Waals surface area contributed by atoms with Gasteiger partial charge in [0, 0.05) is 0 Å². The van der Waals surface area contributed by atoms with Crippen molar-refractivity contribution in [1.29, 1.82) is 0 Å². The number of ether oxygens (including phenoxy) is 2. The summed E-state index contributed by atoms with van der Waals surface area (Å²) in [6.07, 6.45) is 0.826. The summed E-state index contributed by atoms with van der Waals surface area (Å²) in [6.45, 7) is 4.65. The van der Waals surface area contributed by atoms with Gasteiger partial charge in [0.15, 0.2) is 0 Å². The Labute approximate surface area is 146 Å². The minimum absolute atomic E-state index is 0.0324. The van der Waals surface area contributed by atoms with E-state index in [1.807, 2.05) is 13.0 Å². The van der Waals surface area contributed by atoms with Crippen LogP contribution >= 0.6 is 0 Å². The zero-order valence-electron chi connectivity index (χ0n) is 14.7. The average Bonchev–Trinajstić information content (AvgIpc) is 2.59. The van der Waals surface area contributed by atoms with Gasteiger partial charge < -0.3 is 20.5 Å². The van der Waals surface area contributed by atoms with Gasteiger partial charge in [-0.3, -0.25) is 0 Å². The second kappa shape index (κ2) is 8.93. The number of carbonyl (C=O) groups excluding carboxylic acids is 1. The molecule has 0 spiro atoms. The van der Waals surface area contributed by atoms with Crippen LogP contribution in [0.25, 0.3) is 0 Å². The van der Waals surface area contributed by atoms with E-state index in [9.17, 15) is 4.79 Å². The fourth-order valence-corrected chi connectivity index (χ4v) is 2.24. The van der Waals surface area contributed by atoms with Crippen molar-refractivity contribution < 1.29 is 14.3 Å². The molecule has 2 aromatic rings. The predicted octanol–water partition coefficient (Wildman–Crippen LogP) is 1.96. The molecule has 1 aromatic carbocycles. The SMILES string of the molecule is CCC(COCc1cccc(C(=O)OC)c1)Nc1nc(C)nc(N)n1. The second-order valence-corrected chi connectivity index (χ2v) is 5.52. The number of hydrogen-bond acceptors (Lipinski definition) is 8. The first kappa shape index (κ1) is 18.6. The van der Waals surface area contributed by atoms with E-state index in [1.165, 1.54) is 7.11 Å². The van der Waals surface area contributed by atoms with E-state index in [4.69, 9.17) is 15.2 Å².